The zero-order valence-electron chi connectivity index (χ0n) is 11.8. The molecule has 1 N–H and O–H groups in total. The third kappa shape index (κ3) is 2.72. The van der Waals surface area contributed by atoms with Gasteiger partial charge in [0.25, 0.3) is 0 Å². The number of benzene rings is 2. The number of aryl methyl sites for hydroxylation is 1. The van der Waals surface area contributed by atoms with Gasteiger partial charge in [0, 0.05) is 40.5 Å². The molecule has 0 atom stereocenters. The average Bonchev–Trinajstić information content (AvgIpc) is 3.09. The summed E-state index contributed by atoms with van der Waals surface area (Å²) in [5, 5.41) is 5.20. The van der Waals surface area contributed by atoms with Crippen LogP contribution in [0, 0.1) is 0 Å². The maximum Gasteiger partial charge on any atom is 0.168 e. The van der Waals surface area contributed by atoms with Gasteiger partial charge in [-0.25, -0.2) is 4.98 Å². The Balaban J connectivity index is 1.55. The highest BCUT2D eigenvalue weighted by Gasteiger charge is 2.15. The van der Waals surface area contributed by atoms with Gasteiger partial charge in [0.1, 0.15) is 0 Å². The molecule has 0 amide bonds. The third-order valence-corrected chi connectivity index (χ3v) is 4.80. The Bertz CT molecular complexity index is 790. The van der Waals surface area contributed by atoms with Gasteiger partial charge in [0.15, 0.2) is 5.16 Å². The number of nitrogens with zero attached hydrogens (tertiary/aromatic N) is 2. The van der Waals surface area contributed by atoms with Crippen LogP contribution in [0.4, 0.5) is 11.4 Å². The number of imidazole rings is 1. The summed E-state index contributed by atoms with van der Waals surface area (Å²) in [6.45, 7) is 1.06. The van der Waals surface area contributed by atoms with E-state index in [1.54, 1.807) is 0 Å². The molecule has 0 radical (unpaired) electrons. The predicted molar refractivity (Wildman–Crippen MR) is 93.1 cm³/mol. The maximum atomic E-state index is 6.00. The van der Waals surface area contributed by atoms with Crippen LogP contribution in [0.2, 0.25) is 5.02 Å². The second-order valence-corrected chi connectivity index (χ2v) is 6.66. The van der Waals surface area contributed by atoms with E-state index < -0.39 is 0 Å². The standard InChI is InChI=1S/C17H14ClN3S/c18-13-2-1-3-15(10-13)19-14-6-4-12(5-7-14)16-11-21-8-9-22-17(21)20-16/h1-7,10-11,19H,8-9H2. The highest BCUT2D eigenvalue weighted by Crippen LogP contribution is 2.30. The van der Waals surface area contributed by atoms with Crippen molar-refractivity contribution in [2.75, 3.05) is 11.1 Å². The first kappa shape index (κ1) is 13.7. The molecule has 0 fully saturated rings. The number of fused-ring (bicyclic) bond motifs is 1. The van der Waals surface area contributed by atoms with Gasteiger partial charge in [0.2, 0.25) is 0 Å². The number of anilines is 2. The summed E-state index contributed by atoms with van der Waals surface area (Å²) < 4.78 is 2.22. The second-order valence-electron chi connectivity index (χ2n) is 5.16. The topological polar surface area (TPSA) is 29.9 Å². The van der Waals surface area contributed by atoms with Crippen molar-refractivity contribution in [1.29, 1.82) is 0 Å². The van der Waals surface area contributed by atoms with Crippen LogP contribution in [0.25, 0.3) is 11.3 Å². The second kappa shape index (κ2) is 5.71. The highest BCUT2D eigenvalue weighted by atomic mass is 35.5. The average molecular weight is 328 g/mol. The molecule has 110 valence electrons. The van der Waals surface area contributed by atoms with Crippen LogP contribution >= 0.6 is 23.4 Å². The molecule has 1 aromatic heterocycles. The normalized spacial score (nSPS) is 13.1. The fourth-order valence-corrected chi connectivity index (χ4v) is 3.64. The summed E-state index contributed by atoms with van der Waals surface area (Å²) in [6, 6.07) is 16.0. The van der Waals surface area contributed by atoms with Crippen molar-refractivity contribution in [2.45, 2.75) is 11.7 Å². The lowest BCUT2D eigenvalue weighted by atomic mass is 10.1. The van der Waals surface area contributed by atoms with Crippen molar-refractivity contribution in [1.82, 2.24) is 9.55 Å². The molecular weight excluding hydrogens is 314 g/mol. The van der Waals surface area contributed by atoms with Gasteiger partial charge in [0.05, 0.1) is 5.69 Å². The number of nitrogens with one attached hydrogen (secondary N) is 1. The number of hydrogen-bond acceptors (Lipinski definition) is 3. The third-order valence-electron chi connectivity index (χ3n) is 3.60. The van der Waals surface area contributed by atoms with Crippen LogP contribution in [0.3, 0.4) is 0 Å². The van der Waals surface area contributed by atoms with E-state index in [0.717, 1.165) is 45.1 Å². The maximum absolute atomic E-state index is 6.00. The van der Waals surface area contributed by atoms with Gasteiger partial charge >= 0.3 is 0 Å². The molecule has 5 heteroatoms. The minimum atomic E-state index is 0.728. The first-order chi connectivity index (χ1) is 10.8. The summed E-state index contributed by atoms with van der Waals surface area (Å²) in [5.41, 5.74) is 4.19. The lowest BCUT2D eigenvalue weighted by Gasteiger charge is -2.07. The van der Waals surface area contributed by atoms with Crippen LogP contribution in [0.15, 0.2) is 59.9 Å². The Hall–Kier alpha value is -1.91. The van der Waals surface area contributed by atoms with Gasteiger partial charge in [-0.2, -0.15) is 0 Å². The molecule has 1 aliphatic rings. The van der Waals surface area contributed by atoms with E-state index in [4.69, 9.17) is 11.6 Å². The fourth-order valence-electron chi connectivity index (χ4n) is 2.51. The largest absolute Gasteiger partial charge is 0.355 e. The monoisotopic (exact) mass is 327 g/mol. The van der Waals surface area contributed by atoms with Crippen molar-refractivity contribution in [3.8, 4) is 11.3 Å². The lowest BCUT2D eigenvalue weighted by Crippen LogP contribution is -1.90. The van der Waals surface area contributed by atoms with Crippen LogP contribution < -0.4 is 5.32 Å². The van der Waals surface area contributed by atoms with E-state index in [1.165, 1.54) is 0 Å². The minimum absolute atomic E-state index is 0.728. The number of halogens is 1. The molecule has 0 bridgehead atoms. The smallest absolute Gasteiger partial charge is 0.168 e. The Morgan fingerprint density at radius 1 is 1.09 bits per heavy atom. The van der Waals surface area contributed by atoms with Crippen LogP contribution in [0.1, 0.15) is 0 Å². The molecular formula is C17H14ClN3S. The van der Waals surface area contributed by atoms with Crippen LogP contribution in [-0.2, 0) is 6.54 Å². The van der Waals surface area contributed by atoms with E-state index in [1.807, 2.05) is 36.0 Å². The Kier molecular flexibility index (Phi) is 3.56. The zero-order valence-corrected chi connectivity index (χ0v) is 13.4. The van der Waals surface area contributed by atoms with Gasteiger partial charge in [-0.3, -0.25) is 0 Å². The summed E-state index contributed by atoms with van der Waals surface area (Å²) >= 11 is 7.82. The number of thioether (sulfide) groups is 1. The van der Waals surface area contributed by atoms with E-state index in [0.29, 0.717) is 0 Å². The SMILES string of the molecule is Clc1cccc(Nc2ccc(-c3cn4c(n3)SCC4)cc2)c1. The van der Waals surface area contributed by atoms with E-state index in [-0.39, 0.29) is 0 Å². The minimum Gasteiger partial charge on any atom is -0.355 e. The first-order valence-electron chi connectivity index (χ1n) is 7.11. The van der Waals surface area contributed by atoms with Gasteiger partial charge in [-0.05, 0) is 30.3 Å². The van der Waals surface area contributed by atoms with Crippen LogP contribution in [0.5, 0.6) is 0 Å². The van der Waals surface area contributed by atoms with Crippen molar-refractivity contribution < 1.29 is 0 Å². The quantitative estimate of drug-likeness (QED) is 0.729. The Morgan fingerprint density at radius 3 is 2.73 bits per heavy atom. The van der Waals surface area contributed by atoms with Gasteiger partial charge in [-0.15, -0.1) is 0 Å². The molecule has 2 aromatic carbocycles. The van der Waals surface area contributed by atoms with Crippen molar-refractivity contribution in [3.63, 3.8) is 0 Å². The molecule has 0 saturated heterocycles. The molecule has 0 spiro atoms. The molecule has 3 nitrogen and oxygen atoms in total. The van der Waals surface area contributed by atoms with E-state index >= 15 is 0 Å². The molecule has 22 heavy (non-hydrogen) atoms. The Morgan fingerprint density at radius 2 is 1.95 bits per heavy atom. The molecule has 0 saturated carbocycles. The van der Waals surface area contributed by atoms with Gasteiger partial charge in [-0.1, -0.05) is 41.6 Å². The molecule has 4 rings (SSSR count). The van der Waals surface area contributed by atoms with Gasteiger partial charge < -0.3 is 9.88 Å². The fraction of sp³-hybridized carbons (Fsp3) is 0.118. The lowest BCUT2D eigenvalue weighted by molar-refractivity contribution is 0.719. The highest BCUT2D eigenvalue weighted by molar-refractivity contribution is 7.99. The molecule has 0 aliphatic carbocycles. The summed E-state index contributed by atoms with van der Waals surface area (Å²) in [7, 11) is 0. The predicted octanol–water partition coefficient (Wildman–Crippen LogP) is 5.05. The number of rotatable bonds is 3. The van der Waals surface area contributed by atoms with Crippen LogP contribution in [-0.4, -0.2) is 15.3 Å². The molecule has 1 aliphatic heterocycles. The number of hydrogen-bond donors (Lipinski definition) is 1. The van der Waals surface area contributed by atoms with E-state index in [9.17, 15) is 0 Å². The Labute approximate surface area is 138 Å². The molecule has 0 unspecified atom stereocenters. The van der Waals surface area contributed by atoms with Crippen molar-refractivity contribution >= 4 is 34.7 Å². The molecule has 2 heterocycles. The zero-order chi connectivity index (χ0) is 14.9. The number of aromatic nitrogens is 2. The van der Waals surface area contributed by atoms with Crippen molar-refractivity contribution in [2.24, 2.45) is 0 Å². The summed E-state index contributed by atoms with van der Waals surface area (Å²) in [6.07, 6.45) is 2.13. The summed E-state index contributed by atoms with van der Waals surface area (Å²) in [4.78, 5) is 4.67. The summed E-state index contributed by atoms with van der Waals surface area (Å²) in [5.74, 6) is 1.13. The van der Waals surface area contributed by atoms with Crippen molar-refractivity contribution in [3.05, 3.63) is 59.8 Å². The first-order valence-corrected chi connectivity index (χ1v) is 8.47. The molecule has 3 aromatic rings. The van der Waals surface area contributed by atoms with E-state index in [2.05, 4.69) is 45.3 Å².